The van der Waals surface area contributed by atoms with Crippen LogP contribution in [0.1, 0.15) is 38.7 Å². The molecule has 1 aliphatic heterocycles. The number of hydrogen-bond acceptors (Lipinski definition) is 2. The summed E-state index contributed by atoms with van der Waals surface area (Å²) in [5, 5.41) is 3.20. The number of nitrogens with zero attached hydrogens (tertiary/aromatic N) is 1. The number of piperidine rings is 1. The molecule has 1 heterocycles. The van der Waals surface area contributed by atoms with Crippen molar-refractivity contribution in [2.75, 3.05) is 5.32 Å². The fourth-order valence-corrected chi connectivity index (χ4v) is 2.97. The Labute approximate surface area is 130 Å². The molecule has 4 nitrogen and oxygen atoms in total. The van der Waals surface area contributed by atoms with Gasteiger partial charge in [-0.15, -0.1) is 0 Å². The summed E-state index contributed by atoms with van der Waals surface area (Å²) in [6.45, 7) is 5.86. The summed E-state index contributed by atoms with van der Waals surface area (Å²) in [6.07, 6.45) is 2.99. The lowest BCUT2D eigenvalue weighted by Gasteiger charge is -2.38. The highest BCUT2D eigenvalue weighted by molar-refractivity contribution is 6.40. The number of amides is 2. The van der Waals surface area contributed by atoms with Crippen molar-refractivity contribution in [2.24, 2.45) is 0 Å². The highest BCUT2D eigenvalue weighted by Gasteiger charge is 2.32. The molecule has 0 bridgehead atoms. The van der Waals surface area contributed by atoms with Crippen molar-refractivity contribution in [2.45, 2.75) is 52.1 Å². The van der Waals surface area contributed by atoms with Crippen LogP contribution < -0.4 is 5.32 Å². The molecular weight excluding hydrogens is 288 g/mol. The minimum Gasteiger partial charge on any atom is -0.329 e. The second-order valence-electron chi connectivity index (χ2n) is 5.76. The van der Waals surface area contributed by atoms with E-state index in [9.17, 15) is 9.59 Å². The molecule has 0 aromatic heterocycles. The number of aryl methyl sites for hydroxylation is 1. The Hall–Kier alpha value is -1.55. The van der Waals surface area contributed by atoms with Gasteiger partial charge in [0.2, 0.25) is 0 Å². The van der Waals surface area contributed by atoms with Gasteiger partial charge in [0.05, 0.1) is 0 Å². The highest BCUT2D eigenvalue weighted by atomic mass is 35.5. The van der Waals surface area contributed by atoms with Crippen molar-refractivity contribution < 1.29 is 9.59 Å². The lowest BCUT2D eigenvalue weighted by molar-refractivity contribution is -0.147. The molecule has 0 saturated carbocycles. The third kappa shape index (κ3) is 3.56. The maximum Gasteiger partial charge on any atom is 0.313 e. The van der Waals surface area contributed by atoms with Crippen LogP contribution in [0.3, 0.4) is 0 Å². The molecule has 1 N–H and O–H groups in total. The van der Waals surface area contributed by atoms with Crippen molar-refractivity contribution in [1.82, 2.24) is 4.90 Å². The second-order valence-corrected chi connectivity index (χ2v) is 6.17. The Kier molecular flexibility index (Phi) is 4.88. The van der Waals surface area contributed by atoms with Crippen molar-refractivity contribution >= 4 is 29.1 Å². The van der Waals surface area contributed by atoms with Crippen LogP contribution in [-0.2, 0) is 9.59 Å². The summed E-state index contributed by atoms with van der Waals surface area (Å²) in [4.78, 5) is 26.2. The predicted molar refractivity (Wildman–Crippen MR) is 84.4 cm³/mol. The van der Waals surface area contributed by atoms with Gasteiger partial charge in [-0.05, 0) is 57.7 Å². The molecule has 21 heavy (non-hydrogen) atoms. The van der Waals surface area contributed by atoms with Crippen LogP contribution >= 0.6 is 11.6 Å². The molecule has 1 saturated heterocycles. The van der Waals surface area contributed by atoms with Crippen LogP contribution in [-0.4, -0.2) is 28.8 Å². The van der Waals surface area contributed by atoms with E-state index in [4.69, 9.17) is 11.6 Å². The summed E-state index contributed by atoms with van der Waals surface area (Å²) < 4.78 is 0. The van der Waals surface area contributed by atoms with Crippen molar-refractivity contribution in [3.05, 3.63) is 28.8 Å². The molecule has 2 unspecified atom stereocenters. The largest absolute Gasteiger partial charge is 0.329 e. The summed E-state index contributed by atoms with van der Waals surface area (Å²) in [5.41, 5.74) is 1.47. The predicted octanol–water partition coefficient (Wildman–Crippen LogP) is 3.38. The first-order valence-corrected chi connectivity index (χ1v) is 7.67. The second kappa shape index (κ2) is 6.48. The van der Waals surface area contributed by atoms with Gasteiger partial charge in [-0.25, -0.2) is 0 Å². The fourth-order valence-electron chi connectivity index (χ4n) is 2.79. The molecular formula is C16H21ClN2O2. The van der Waals surface area contributed by atoms with E-state index >= 15 is 0 Å². The first-order chi connectivity index (χ1) is 9.90. The Morgan fingerprint density at radius 2 is 1.86 bits per heavy atom. The van der Waals surface area contributed by atoms with E-state index in [1.165, 1.54) is 0 Å². The van der Waals surface area contributed by atoms with Crippen molar-refractivity contribution in [3.63, 3.8) is 0 Å². The molecule has 1 aliphatic rings. The highest BCUT2D eigenvalue weighted by Crippen LogP contribution is 2.23. The Morgan fingerprint density at radius 3 is 2.43 bits per heavy atom. The third-order valence-electron chi connectivity index (χ3n) is 4.05. The fraction of sp³-hybridized carbons (Fsp3) is 0.500. The third-order valence-corrected chi connectivity index (χ3v) is 4.46. The first kappa shape index (κ1) is 15.8. The maximum absolute atomic E-state index is 12.4. The number of benzene rings is 1. The van der Waals surface area contributed by atoms with E-state index in [-0.39, 0.29) is 12.1 Å². The smallest absolute Gasteiger partial charge is 0.313 e. The number of carbonyl (C=O) groups is 2. The Morgan fingerprint density at radius 1 is 1.24 bits per heavy atom. The Balaban J connectivity index is 2.08. The Bertz CT molecular complexity index is 549. The van der Waals surface area contributed by atoms with Crippen molar-refractivity contribution in [3.8, 4) is 0 Å². The van der Waals surface area contributed by atoms with E-state index in [1.807, 2.05) is 26.8 Å². The lowest BCUT2D eigenvalue weighted by atomic mass is 9.97. The van der Waals surface area contributed by atoms with E-state index in [0.717, 1.165) is 24.8 Å². The van der Waals surface area contributed by atoms with Crippen LogP contribution in [0.2, 0.25) is 5.02 Å². The average molecular weight is 309 g/mol. The number of rotatable bonds is 1. The van der Waals surface area contributed by atoms with E-state index < -0.39 is 11.8 Å². The molecule has 1 aromatic rings. The molecule has 1 fully saturated rings. The normalized spacial score (nSPS) is 22.0. The van der Waals surface area contributed by atoms with Gasteiger partial charge in [0.25, 0.3) is 0 Å². The number of anilines is 1. The minimum atomic E-state index is -0.601. The zero-order chi connectivity index (χ0) is 15.6. The quantitative estimate of drug-likeness (QED) is 0.809. The van der Waals surface area contributed by atoms with Gasteiger partial charge in [0, 0.05) is 22.8 Å². The van der Waals surface area contributed by atoms with Gasteiger partial charge in [0.15, 0.2) is 0 Å². The van der Waals surface area contributed by atoms with Crippen LogP contribution in [0.5, 0.6) is 0 Å². The minimum absolute atomic E-state index is 0.105. The van der Waals surface area contributed by atoms with Crippen LogP contribution in [0.4, 0.5) is 5.69 Å². The average Bonchev–Trinajstić information content (AvgIpc) is 2.42. The molecule has 0 radical (unpaired) electrons. The van der Waals surface area contributed by atoms with Crippen LogP contribution in [0.25, 0.3) is 0 Å². The van der Waals surface area contributed by atoms with E-state index in [1.54, 1.807) is 17.0 Å². The lowest BCUT2D eigenvalue weighted by Crippen LogP contribution is -2.51. The van der Waals surface area contributed by atoms with Gasteiger partial charge >= 0.3 is 11.8 Å². The molecule has 2 amide bonds. The van der Waals surface area contributed by atoms with Crippen LogP contribution in [0.15, 0.2) is 18.2 Å². The molecule has 0 spiro atoms. The number of carbonyl (C=O) groups excluding carboxylic acids is 2. The molecule has 0 aliphatic carbocycles. The van der Waals surface area contributed by atoms with Gasteiger partial charge in [-0.1, -0.05) is 17.7 Å². The van der Waals surface area contributed by atoms with Gasteiger partial charge in [-0.2, -0.15) is 0 Å². The molecule has 2 rings (SSSR count). The summed E-state index contributed by atoms with van der Waals surface area (Å²) >= 11 is 6.03. The molecule has 114 valence electrons. The van der Waals surface area contributed by atoms with Gasteiger partial charge < -0.3 is 10.2 Å². The monoisotopic (exact) mass is 308 g/mol. The first-order valence-electron chi connectivity index (χ1n) is 7.30. The molecule has 5 heteroatoms. The maximum atomic E-state index is 12.4. The number of halogens is 1. The van der Waals surface area contributed by atoms with Gasteiger partial charge in [0.1, 0.15) is 0 Å². The standard InChI is InChI=1S/C16H21ClN2O2/c1-10-7-8-13(9-14(10)17)18-15(20)16(21)19-11(2)5-4-6-12(19)3/h7-9,11-12H,4-6H2,1-3H3,(H,18,20). The summed E-state index contributed by atoms with van der Waals surface area (Å²) in [7, 11) is 0. The van der Waals surface area contributed by atoms with Crippen LogP contribution in [0, 0.1) is 6.92 Å². The number of hydrogen-bond donors (Lipinski definition) is 1. The zero-order valence-corrected chi connectivity index (χ0v) is 13.4. The molecule has 2 atom stereocenters. The number of nitrogens with one attached hydrogen (secondary N) is 1. The molecule has 1 aromatic carbocycles. The van der Waals surface area contributed by atoms with E-state index in [2.05, 4.69) is 5.32 Å². The summed E-state index contributed by atoms with van der Waals surface area (Å²) in [6, 6.07) is 5.43. The zero-order valence-electron chi connectivity index (χ0n) is 12.6. The van der Waals surface area contributed by atoms with Gasteiger partial charge in [-0.3, -0.25) is 9.59 Å². The number of likely N-dealkylation sites (tertiary alicyclic amines) is 1. The summed E-state index contributed by atoms with van der Waals surface area (Å²) in [5.74, 6) is -1.07. The SMILES string of the molecule is Cc1ccc(NC(=O)C(=O)N2C(C)CCCC2C)cc1Cl. The van der Waals surface area contributed by atoms with Crippen molar-refractivity contribution in [1.29, 1.82) is 0 Å². The topological polar surface area (TPSA) is 49.4 Å². The van der Waals surface area contributed by atoms with E-state index in [0.29, 0.717) is 10.7 Å².